The summed E-state index contributed by atoms with van der Waals surface area (Å²) in [4.78, 5) is 0.229. The van der Waals surface area contributed by atoms with Crippen LogP contribution in [0.1, 0.15) is 36.4 Å². The zero-order chi connectivity index (χ0) is 21.9. The van der Waals surface area contributed by atoms with Gasteiger partial charge in [-0.2, -0.15) is 0 Å². The minimum atomic E-state index is -3.71. The van der Waals surface area contributed by atoms with Crippen LogP contribution in [0, 0.1) is 26.7 Å². The van der Waals surface area contributed by atoms with Crippen molar-refractivity contribution in [2.45, 2.75) is 46.1 Å². The van der Waals surface area contributed by atoms with Gasteiger partial charge in [-0.3, -0.25) is 4.31 Å². The molecule has 0 fully saturated rings. The second-order valence-corrected chi connectivity index (χ2v) is 9.77. The number of nitrogens with zero attached hydrogens (tertiary/aromatic N) is 2. The Morgan fingerprint density at radius 1 is 1.03 bits per heavy atom. The zero-order valence-electron chi connectivity index (χ0n) is 18.0. The molecule has 0 amide bonds. The van der Waals surface area contributed by atoms with Crippen LogP contribution in [0.3, 0.4) is 0 Å². The van der Waals surface area contributed by atoms with E-state index in [0.29, 0.717) is 29.4 Å². The number of sulfonamides is 1. The third kappa shape index (κ3) is 5.02. The molecule has 0 N–H and O–H groups in total. The van der Waals surface area contributed by atoms with E-state index >= 15 is 0 Å². The molecule has 0 bridgehead atoms. The lowest BCUT2D eigenvalue weighted by Crippen LogP contribution is -2.34. The lowest BCUT2D eigenvalue weighted by molar-refractivity contribution is 0.287. The molecular weight excluding hydrogens is 400 g/mol. The fourth-order valence-corrected chi connectivity index (χ4v) is 4.91. The van der Waals surface area contributed by atoms with Gasteiger partial charge in [-0.15, -0.1) is 0 Å². The van der Waals surface area contributed by atoms with Crippen molar-refractivity contribution in [3.63, 3.8) is 0 Å². The van der Waals surface area contributed by atoms with Crippen molar-refractivity contribution in [2.75, 3.05) is 10.8 Å². The highest BCUT2D eigenvalue weighted by atomic mass is 32.2. The summed E-state index contributed by atoms with van der Waals surface area (Å²) in [5.41, 5.74) is 3.42. The molecule has 0 spiro atoms. The minimum Gasteiger partial charge on any atom is -0.487 e. The quantitative estimate of drug-likeness (QED) is 0.503. The van der Waals surface area contributed by atoms with Gasteiger partial charge in [-0.1, -0.05) is 36.7 Å². The molecule has 0 unspecified atom stereocenters. The fraction of sp³-hybridized carbons (Fsp3) is 0.348. The molecular formula is C23H28N2O4S. The van der Waals surface area contributed by atoms with E-state index in [-0.39, 0.29) is 17.4 Å². The summed E-state index contributed by atoms with van der Waals surface area (Å²) in [6.45, 7) is 10.4. The van der Waals surface area contributed by atoms with Crippen molar-refractivity contribution in [3.8, 4) is 5.75 Å². The van der Waals surface area contributed by atoms with Crippen molar-refractivity contribution in [1.29, 1.82) is 0 Å². The first-order valence-electron chi connectivity index (χ1n) is 9.92. The maximum absolute atomic E-state index is 13.5. The van der Waals surface area contributed by atoms with Gasteiger partial charge in [-0.25, -0.2) is 8.42 Å². The van der Waals surface area contributed by atoms with Crippen molar-refractivity contribution in [3.05, 3.63) is 71.1 Å². The Hall–Kier alpha value is -2.80. The average molecular weight is 429 g/mol. The predicted molar refractivity (Wildman–Crippen MR) is 117 cm³/mol. The van der Waals surface area contributed by atoms with E-state index in [1.165, 1.54) is 4.31 Å². The number of anilines is 1. The molecule has 30 heavy (non-hydrogen) atoms. The Labute approximate surface area is 178 Å². The molecule has 2 aromatic carbocycles. The second-order valence-electron chi connectivity index (χ2n) is 7.91. The van der Waals surface area contributed by atoms with E-state index in [0.717, 1.165) is 11.1 Å². The van der Waals surface area contributed by atoms with E-state index in [1.807, 2.05) is 52.8 Å². The van der Waals surface area contributed by atoms with Gasteiger partial charge < -0.3 is 9.26 Å². The van der Waals surface area contributed by atoms with Crippen molar-refractivity contribution >= 4 is 15.7 Å². The third-order valence-corrected chi connectivity index (χ3v) is 6.42. The summed E-state index contributed by atoms with van der Waals surface area (Å²) in [5.74, 6) is 1.46. The summed E-state index contributed by atoms with van der Waals surface area (Å²) in [6.07, 6.45) is 0. The van der Waals surface area contributed by atoms with Gasteiger partial charge in [0.2, 0.25) is 0 Å². The molecule has 0 saturated heterocycles. The molecule has 0 saturated carbocycles. The Kier molecular flexibility index (Phi) is 6.51. The van der Waals surface area contributed by atoms with E-state index in [1.54, 1.807) is 30.3 Å². The summed E-state index contributed by atoms with van der Waals surface area (Å²) >= 11 is 0. The number of ether oxygens (including phenoxy) is 1. The highest BCUT2D eigenvalue weighted by molar-refractivity contribution is 7.92. The Morgan fingerprint density at radius 3 is 2.30 bits per heavy atom. The summed E-state index contributed by atoms with van der Waals surface area (Å²) in [6, 6.07) is 14.1. The molecule has 3 rings (SSSR count). The number of aryl methyl sites for hydroxylation is 3. The normalized spacial score (nSPS) is 11.7. The Bertz CT molecular complexity index is 1100. The summed E-state index contributed by atoms with van der Waals surface area (Å²) < 4.78 is 39.1. The van der Waals surface area contributed by atoms with Gasteiger partial charge >= 0.3 is 0 Å². The maximum Gasteiger partial charge on any atom is 0.264 e. The van der Waals surface area contributed by atoms with Crippen LogP contribution in [-0.4, -0.2) is 20.1 Å². The number of hydrogen-bond acceptors (Lipinski definition) is 5. The largest absolute Gasteiger partial charge is 0.487 e. The number of rotatable bonds is 8. The SMILES string of the molecule is Cc1ccc(N(CC(C)C)S(=O)(=O)c2ccc(OCc3cc(C)on3)cc2)c(C)c1. The number of hydrogen-bond donors (Lipinski definition) is 0. The highest BCUT2D eigenvalue weighted by Crippen LogP contribution is 2.29. The lowest BCUT2D eigenvalue weighted by atomic mass is 10.1. The standard InChI is InChI=1S/C23H28N2O4S/c1-16(2)14-25(23-11-6-17(3)12-18(23)4)30(26,27)22-9-7-21(8-10-22)28-15-20-13-19(5)29-24-20/h6-13,16H,14-15H2,1-5H3. The molecule has 1 heterocycles. The fourth-order valence-electron chi connectivity index (χ4n) is 3.22. The van der Waals surface area contributed by atoms with Crippen LogP contribution < -0.4 is 9.04 Å². The predicted octanol–water partition coefficient (Wildman–Crippen LogP) is 5.03. The van der Waals surface area contributed by atoms with Gasteiger partial charge in [0, 0.05) is 12.6 Å². The smallest absolute Gasteiger partial charge is 0.264 e. The van der Waals surface area contributed by atoms with Crippen LogP contribution in [0.4, 0.5) is 5.69 Å². The van der Waals surface area contributed by atoms with Crippen LogP contribution in [0.15, 0.2) is 57.9 Å². The Morgan fingerprint density at radius 2 is 1.73 bits per heavy atom. The average Bonchev–Trinajstić information content (AvgIpc) is 3.10. The van der Waals surface area contributed by atoms with Crippen LogP contribution in [0.5, 0.6) is 5.75 Å². The second kappa shape index (κ2) is 8.92. The molecule has 0 aliphatic carbocycles. The molecule has 160 valence electrons. The Balaban J connectivity index is 1.85. The van der Waals surface area contributed by atoms with Crippen LogP contribution in [0.25, 0.3) is 0 Å². The van der Waals surface area contributed by atoms with Crippen molar-refractivity contribution < 1.29 is 17.7 Å². The van der Waals surface area contributed by atoms with Crippen molar-refractivity contribution in [2.24, 2.45) is 5.92 Å². The first-order chi connectivity index (χ1) is 14.2. The van der Waals surface area contributed by atoms with Crippen LogP contribution >= 0.6 is 0 Å². The van der Waals surface area contributed by atoms with Crippen LogP contribution in [0.2, 0.25) is 0 Å². The summed E-state index contributed by atoms with van der Waals surface area (Å²) in [5, 5.41) is 3.88. The molecule has 7 heteroatoms. The van der Waals surface area contributed by atoms with Gasteiger partial charge in [-0.05, 0) is 62.6 Å². The van der Waals surface area contributed by atoms with E-state index in [4.69, 9.17) is 9.26 Å². The molecule has 0 radical (unpaired) electrons. The number of benzene rings is 2. The molecule has 0 atom stereocenters. The monoisotopic (exact) mass is 428 g/mol. The first-order valence-corrected chi connectivity index (χ1v) is 11.4. The van der Waals surface area contributed by atoms with Gasteiger partial charge in [0.1, 0.15) is 23.8 Å². The zero-order valence-corrected chi connectivity index (χ0v) is 18.9. The van der Waals surface area contributed by atoms with E-state index < -0.39 is 10.0 Å². The third-order valence-electron chi connectivity index (χ3n) is 4.63. The topological polar surface area (TPSA) is 72.6 Å². The van der Waals surface area contributed by atoms with Gasteiger partial charge in [0.25, 0.3) is 10.0 Å². The maximum atomic E-state index is 13.5. The van der Waals surface area contributed by atoms with Crippen LogP contribution in [-0.2, 0) is 16.6 Å². The molecule has 6 nitrogen and oxygen atoms in total. The molecule has 3 aromatic rings. The van der Waals surface area contributed by atoms with Gasteiger partial charge in [0.05, 0.1) is 10.6 Å². The van der Waals surface area contributed by atoms with E-state index in [9.17, 15) is 8.42 Å². The van der Waals surface area contributed by atoms with Gasteiger partial charge in [0.15, 0.2) is 0 Å². The van der Waals surface area contributed by atoms with E-state index in [2.05, 4.69) is 5.16 Å². The highest BCUT2D eigenvalue weighted by Gasteiger charge is 2.27. The van der Waals surface area contributed by atoms with Crippen molar-refractivity contribution in [1.82, 2.24) is 5.16 Å². The molecule has 1 aromatic heterocycles. The molecule has 0 aliphatic rings. The first kappa shape index (κ1) is 21.9. The summed E-state index contributed by atoms with van der Waals surface area (Å²) in [7, 11) is -3.71. The molecule has 0 aliphatic heterocycles. The lowest BCUT2D eigenvalue weighted by Gasteiger charge is -2.28. The number of aromatic nitrogens is 1. The minimum absolute atomic E-state index is 0.175.